The summed E-state index contributed by atoms with van der Waals surface area (Å²) in [6.07, 6.45) is 2.91. The molecule has 0 aliphatic heterocycles. The van der Waals surface area contributed by atoms with E-state index < -0.39 is 5.91 Å². The van der Waals surface area contributed by atoms with Crippen molar-refractivity contribution in [2.24, 2.45) is 0 Å². The summed E-state index contributed by atoms with van der Waals surface area (Å²) >= 11 is 0. The van der Waals surface area contributed by atoms with Crippen molar-refractivity contribution in [3.05, 3.63) is 30.2 Å². The van der Waals surface area contributed by atoms with Crippen LogP contribution in [-0.4, -0.2) is 21.0 Å². The molecule has 5 heteroatoms. The smallest absolute Gasteiger partial charge is 0.292 e. The molecule has 0 aliphatic rings. The van der Waals surface area contributed by atoms with Crippen LogP contribution in [0, 0.1) is 0 Å². The maximum Gasteiger partial charge on any atom is 0.292 e. The summed E-state index contributed by atoms with van der Waals surface area (Å²) in [6.45, 7) is 0. The van der Waals surface area contributed by atoms with Crippen LogP contribution in [0.2, 0.25) is 0 Å². The summed E-state index contributed by atoms with van der Waals surface area (Å²) in [5, 5.41) is 10.2. The minimum absolute atomic E-state index is 0.267. The van der Waals surface area contributed by atoms with Gasteiger partial charge in [-0.1, -0.05) is 0 Å². The van der Waals surface area contributed by atoms with E-state index in [1.165, 1.54) is 12.4 Å². The predicted molar refractivity (Wildman–Crippen MR) is 48.6 cm³/mol. The van der Waals surface area contributed by atoms with E-state index in [2.05, 4.69) is 9.97 Å². The van der Waals surface area contributed by atoms with Crippen LogP contribution in [-0.2, 0) is 0 Å². The third-order valence-corrected chi connectivity index (χ3v) is 1.84. The van der Waals surface area contributed by atoms with Crippen molar-refractivity contribution in [3.63, 3.8) is 0 Å². The first-order chi connectivity index (χ1) is 6.70. The Balaban J connectivity index is 2.81. The van der Waals surface area contributed by atoms with Crippen LogP contribution in [0.1, 0.15) is 10.5 Å². The number of aromatic hydroxyl groups is 1. The zero-order chi connectivity index (χ0) is 10.1. The molecule has 2 aromatic heterocycles. The molecule has 0 unspecified atom stereocenters. The van der Waals surface area contributed by atoms with Crippen molar-refractivity contribution >= 4 is 16.8 Å². The lowest BCUT2D eigenvalue weighted by molar-refractivity contribution is 0.0984. The average molecular weight is 188 g/mol. The van der Waals surface area contributed by atoms with Crippen LogP contribution in [0.4, 0.5) is 0 Å². The van der Waals surface area contributed by atoms with Gasteiger partial charge in [0.25, 0.3) is 5.91 Å². The highest BCUT2D eigenvalue weighted by atomic mass is 16.3. The Morgan fingerprint density at radius 3 is 2.93 bits per heavy atom. The molecule has 0 saturated carbocycles. The molecule has 0 fully saturated rings. The number of amides is 1. The molecular weight excluding hydrogens is 182 g/mol. The lowest BCUT2D eigenvalue weighted by atomic mass is 10.2. The Morgan fingerprint density at radius 1 is 1.43 bits per heavy atom. The van der Waals surface area contributed by atoms with E-state index in [0.29, 0.717) is 5.39 Å². The minimum Gasteiger partial charge on any atom is -0.504 e. The van der Waals surface area contributed by atoms with Crippen molar-refractivity contribution in [1.82, 2.24) is 15.7 Å². The number of nitrogens with zero attached hydrogens (tertiary/aromatic N) is 2. The second-order valence-electron chi connectivity index (χ2n) is 2.73. The van der Waals surface area contributed by atoms with Gasteiger partial charge < -0.3 is 5.11 Å². The first-order valence-corrected chi connectivity index (χ1v) is 3.89. The monoisotopic (exact) mass is 188 g/mol. The van der Waals surface area contributed by atoms with Gasteiger partial charge >= 0.3 is 0 Å². The molecule has 0 atom stereocenters. The van der Waals surface area contributed by atoms with Gasteiger partial charge in [0.15, 0.2) is 11.4 Å². The zero-order valence-electron chi connectivity index (χ0n) is 7.06. The number of fused-ring (bicyclic) bond motifs is 1. The van der Waals surface area contributed by atoms with Crippen molar-refractivity contribution in [2.75, 3.05) is 0 Å². The Morgan fingerprint density at radius 2 is 2.21 bits per heavy atom. The number of nitrogens with one attached hydrogen (secondary N) is 1. The number of hydrogen-bond donors (Lipinski definition) is 1. The lowest BCUT2D eigenvalue weighted by Crippen LogP contribution is -2.03. The first kappa shape index (κ1) is 8.43. The Bertz CT molecular complexity index is 510. The number of pyridine rings is 2. The second kappa shape index (κ2) is 2.95. The van der Waals surface area contributed by atoms with Crippen LogP contribution in [0.3, 0.4) is 0 Å². The molecule has 1 radical (unpaired) electrons. The highest BCUT2D eigenvalue weighted by Gasteiger charge is 2.13. The molecule has 5 nitrogen and oxygen atoms in total. The molecule has 0 saturated heterocycles. The fraction of sp³-hybridized carbons (Fsp3) is 0. The second-order valence-corrected chi connectivity index (χ2v) is 2.73. The van der Waals surface area contributed by atoms with Gasteiger partial charge in [-0.2, -0.15) is 0 Å². The summed E-state index contributed by atoms with van der Waals surface area (Å²) in [7, 11) is 0. The highest BCUT2D eigenvalue weighted by molar-refractivity contribution is 5.98. The predicted octanol–water partition coefficient (Wildman–Crippen LogP) is 0.758. The van der Waals surface area contributed by atoms with Crippen LogP contribution in [0.5, 0.6) is 5.75 Å². The molecule has 0 aliphatic carbocycles. The Labute approximate surface area is 79.2 Å². The molecule has 1 amide bonds. The number of rotatable bonds is 1. The van der Waals surface area contributed by atoms with Gasteiger partial charge in [0.2, 0.25) is 0 Å². The average Bonchev–Trinajstić information content (AvgIpc) is 2.18. The van der Waals surface area contributed by atoms with Crippen LogP contribution in [0.25, 0.3) is 10.9 Å². The van der Waals surface area contributed by atoms with Crippen molar-refractivity contribution in [1.29, 1.82) is 0 Å². The van der Waals surface area contributed by atoms with Crippen LogP contribution in [0.15, 0.2) is 24.5 Å². The Kier molecular flexibility index (Phi) is 1.78. The quantitative estimate of drug-likeness (QED) is 0.715. The number of aromatic nitrogens is 2. The van der Waals surface area contributed by atoms with E-state index in [-0.39, 0.29) is 17.0 Å². The summed E-state index contributed by atoms with van der Waals surface area (Å²) in [6, 6.07) is 3.42. The van der Waals surface area contributed by atoms with E-state index in [9.17, 15) is 9.90 Å². The standard InChI is InChI=1S/C9H6N3O2/c10-9(14)7-8(13)6-5(4-12-7)2-1-3-11-6/h1-4,10,13H. The molecule has 14 heavy (non-hydrogen) atoms. The van der Waals surface area contributed by atoms with Crippen molar-refractivity contribution in [3.8, 4) is 5.75 Å². The van der Waals surface area contributed by atoms with Crippen LogP contribution >= 0.6 is 0 Å². The summed E-state index contributed by atoms with van der Waals surface area (Å²) in [5.41, 5.74) is 6.87. The van der Waals surface area contributed by atoms with E-state index >= 15 is 0 Å². The zero-order valence-corrected chi connectivity index (χ0v) is 7.06. The van der Waals surface area contributed by atoms with Gasteiger partial charge in [-0.3, -0.25) is 15.5 Å². The molecule has 2 heterocycles. The van der Waals surface area contributed by atoms with E-state index in [1.54, 1.807) is 12.1 Å². The molecule has 2 N–H and O–H groups in total. The van der Waals surface area contributed by atoms with Gasteiger partial charge in [-0.25, -0.2) is 4.98 Å². The number of hydrogen-bond acceptors (Lipinski definition) is 4. The summed E-state index contributed by atoms with van der Waals surface area (Å²) in [5.74, 6) is -1.35. The van der Waals surface area contributed by atoms with E-state index in [0.717, 1.165) is 0 Å². The van der Waals surface area contributed by atoms with E-state index in [4.69, 9.17) is 5.73 Å². The normalized spacial score (nSPS) is 10.3. The summed E-state index contributed by atoms with van der Waals surface area (Å²) < 4.78 is 0. The molecule has 0 spiro atoms. The van der Waals surface area contributed by atoms with Crippen molar-refractivity contribution in [2.45, 2.75) is 0 Å². The van der Waals surface area contributed by atoms with Gasteiger partial charge in [0.05, 0.1) is 0 Å². The largest absolute Gasteiger partial charge is 0.504 e. The third kappa shape index (κ3) is 1.15. The molecule has 2 aromatic rings. The molecule has 0 aromatic carbocycles. The third-order valence-electron chi connectivity index (χ3n) is 1.84. The maximum absolute atomic E-state index is 10.7. The van der Waals surface area contributed by atoms with Gasteiger partial charge in [-0.15, -0.1) is 0 Å². The molecular formula is C9H6N3O2. The molecule has 69 valence electrons. The molecule has 0 bridgehead atoms. The van der Waals surface area contributed by atoms with E-state index in [1.807, 2.05) is 0 Å². The minimum atomic E-state index is -1.02. The first-order valence-electron chi connectivity index (χ1n) is 3.89. The van der Waals surface area contributed by atoms with Gasteiger partial charge in [-0.05, 0) is 12.1 Å². The number of carbonyl (C=O) groups is 1. The highest BCUT2D eigenvalue weighted by Crippen LogP contribution is 2.23. The number of carbonyl (C=O) groups excluding carboxylic acids is 1. The lowest BCUT2D eigenvalue weighted by Gasteiger charge is -2.01. The fourth-order valence-corrected chi connectivity index (χ4v) is 1.19. The topological polar surface area (TPSA) is 86.9 Å². The fourth-order valence-electron chi connectivity index (χ4n) is 1.19. The molecule has 2 rings (SSSR count). The van der Waals surface area contributed by atoms with Crippen LogP contribution < -0.4 is 5.73 Å². The van der Waals surface area contributed by atoms with Gasteiger partial charge in [0, 0.05) is 17.8 Å². The Hall–Kier alpha value is -2.17. The summed E-state index contributed by atoms with van der Waals surface area (Å²) in [4.78, 5) is 18.3. The SMILES string of the molecule is [NH]C(=O)c1ncc2cccnc2c1O. The maximum atomic E-state index is 10.7. The van der Waals surface area contributed by atoms with Crippen molar-refractivity contribution < 1.29 is 9.90 Å². The van der Waals surface area contributed by atoms with Gasteiger partial charge in [0.1, 0.15) is 5.52 Å².